The number of nitrogens with one attached hydrogen (secondary N) is 2. The molecule has 0 aromatic heterocycles. The van der Waals surface area contributed by atoms with Crippen LogP contribution in [0.5, 0.6) is 0 Å². The van der Waals surface area contributed by atoms with Crippen LogP contribution in [0, 0.1) is 0 Å². The largest absolute Gasteiger partial charge is 0.382 e. The van der Waals surface area contributed by atoms with Gasteiger partial charge in [-0.3, -0.25) is 9.59 Å². The Labute approximate surface area is 122 Å². The molecule has 2 N–H and O–H groups in total. The molecule has 0 heterocycles. The highest BCUT2D eigenvalue weighted by molar-refractivity contribution is 5.86. The fraction of sp³-hybridized carbons (Fsp3) is 0.385. The minimum atomic E-state index is -3.78. The molecule has 0 saturated carbocycles. The van der Waals surface area contributed by atoms with Crippen LogP contribution in [0.2, 0.25) is 0 Å². The lowest BCUT2D eigenvalue weighted by Crippen LogP contribution is -2.48. The van der Waals surface area contributed by atoms with Crippen LogP contribution in [-0.4, -0.2) is 31.4 Å². The Morgan fingerprint density at radius 3 is 2.94 bits per heavy atom. The molecule has 2 amide bonds. The zero-order chi connectivity index (χ0) is 22.9. The van der Waals surface area contributed by atoms with Crippen molar-refractivity contribution in [2.24, 2.45) is 0 Å². The van der Waals surface area contributed by atoms with Gasteiger partial charge in [0.25, 0.3) is 0 Å². The number of benzene rings is 1. The zero-order valence-electron chi connectivity index (χ0n) is 20.1. The van der Waals surface area contributed by atoms with E-state index in [0.29, 0.717) is 0 Å². The Morgan fingerprint density at radius 1 is 1.50 bits per heavy atom. The third-order valence-electron chi connectivity index (χ3n) is 1.71. The summed E-state index contributed by atoms with van der Waals surface area (Å²) in [7, 11) is -3.47. The zero-order valence-corrected chi connectivity index (χ0v) is 9.11. The van der Waals surface area contributed by atoms with Crippen molar-refractivity contribution in [2.45, 2.75) is 19.4 Å². The lowest BCUT2D eigenvalue weighted by atomic mass is 10.2. The summed E-state index contributed by atoms with van der Waals surface area (Å²) >= 11 is 0. The Morgan fingerprint density at radius 2 is 2.28 bits per heavy atom. The van der Waals surface area contributed by atoms with Gasteiger partial charge >= 0.3 is 0 Å². The van der Waals surface area contributed by atoms with Gasteiger partial charge in [-0.1, -0.05) is 30.3 Å². The Balaban J connectivity index is 3.36. The summed E-state index contributed by atoms with van der Waals surface area (Å²) in [5, 5.41) is 2.97. The molecule has 0 spiro atoms. The number of carbonyl (C=O) groups excluding carboxylic acids is 2. The average Bonchev–Trinajstić information content (AvgIpc) is 2.51. The number of hydrogen-bond donors (Lipinski definition) is 2. The third kappa shape index (κ3) is 4.97. The van der Waals surface area contributed by atoms with Crippen LogP contribution in [0.1, 0.15) is 27.5 Å². The topological polar surface area (TPSA) is 67.4 Å². The van der Waals surface area contributed by atoms with Crippen molar-refractivity contribution in [1.82, 2.24) is 10.6 Å². The van der Waals surface area contributed by atoms with Crippen molar-refractivity contribution in [2.75, 3.05) is 13.6 Å². The molecule has 1 unspecified atom stereocenters. The highest BCUT2D eigenvalue weighted by Crippen LogP contribution is 1.97. The number of ether oxygens (including phenoxy) is 1. The van der Waals surface area contributed by atoms with Gasteiger partial charge in [-0.2, -0.15) is 0 Å². The lowest BCUT2D eigenvalue weighted by molar-refractivity contribution is -0.129. The summed E-state index contributed by atoms with van der Waals surface area (Å²) in [6.45, 7) is -9.89. The summed E-state index contributed by atoms with van der Waals surface area (Å²) in [5.74, 6) is -3.82. The summed E-state index contributed by atoms with van der Waals surface area (Å²) in [6.07, 6.45) is 0. The van der Waals surface area contributed by atoms with E-state index in [4.69, 9.17) is 15.1 Å². The monoisotopic (exact) mass is 261 g/mol. The van der Waals surface area contributed by atoms with Crippen LogP contribution >= 0.6 is 0 Å². The Bertz CT molecular complexity index is 749. The smallest absolute Gasteiger partial charge is 0.245 e. The van der Waals surface area contributed by atoms with E-state index in [1.165, 1.54) is 29.6 Å². The maximum absolute atomic E-state index is 12.6. The Hall–Kier alpha value is -1.88. The molecule has 0 aliphatic rings. The summed E-state index contributed by atoms with van der Waals surface area (Å²) < 4.78 is 85.4. The molecular formula is C13H18N2O3. The maximum atomic E-state index is 12.6. The highest BCUT2D eigenvalue weighted by Gasteiger charge is 2.18. The van der Waals surface area contributed by atoms with Crippen molar-refractivity contribution in [1.29, 1.82) is 0 Å². The second kappa shape index (κ2) is 7.45. The van der Waals surface area contributed by atoms with E-state index < -0.39 is 44.8 Å². The van der Waals surface area contributed by atoms with Crippen molar-refractivity contribution >= 4 is 11.8 Å². The van der Waals surface area contributed by atoms with Gasteiger partial charge in [0.15, 0.2) is 0 Å². The molecule has 0 radical (unpaired) electrons. The van der Waals surface area contributed by atoms with Crippen LogP contribution in [0.4, 0.5) is 0 Å². The van der Waals surface area contributed by atoms with Gasteiger partial charge in [0, 0.05) is 24.5 Å². The minimum Gasteiger partial charge on any atom is -0.382 e. The van der Waals surface area contributed by atoms with Crippen LogP contribution < -0.4 is 10.6 Å². The first-order valence-corrected chi connectivity index (χ1v) is 4.73. The van der Waals surface area contributed by atoms with Crippen LogP contribution in [0.15, 0.2) is 30.3 Å². The minimum absolute atomic E-state index is 0.116. The first kappa shape index (κ1) is 5.01. The SMILES string of the molecule is [2H]C([2H])([2H])OC([2H])([2H])C([2H])(NC(=O)C([2H])([2H])[2H])C(=O)NC([2H])([2H])c1ccccc1. The molecule has 1 rings (SSSR count). The molecule has 5 heteroatoms. The Kier molecular flexibility index (Phi) is 2.07. The molecule has 1 aromatic carbocycles. The maximum Gasteiger partial charge on any atom is 0.245 e. The van der Waals surface area contributed by atoms with Gasteiger partial charge in [0.2, 0.25) is 11.8 Å². The number of rotatable bonds is 6. The van der Waals surface area contributed by atoms with E-state index in [0.717, 1.165) is 0 Å². The molecule has 0 fully saturated rings. The number of hydrogen-bond acceptors (Lipinski definition) is 3. The van der Waals surface area contributed by atoms with E-state index in [2.05, 4.69) is 4.74 Å². The van der Waals surface area contributed by atoms with Gasteiger partial charge in [0.05, 0.1) is 17.5 Å². The van der Waals surface area contributed by atoms with E-state index in [1.54, 1.807) is 11.4 Å². The fourth-order valence-electron chi connectivity index (χ4n) is 1.01. The van der Waals surface area contributed by atoms with Gasteiger partial charge < -0.3 is 15.4 Å². The number of methoxy groups -OCH3 is 1. The average molecular weight is 261 g/mol. The molecule has 5 nitrogen and oxygen atoms in total. The second-order valence-corrected chi connectivity index (χ2v) is 2.98. The summed E-state index contributed by atoms with van der Waals surface area (Å²) in [4.78, 5) is 24.4. The van der Waals surface area contributed by atoms with Crippen molar-refractivity contribution in [3.63, 3.8) is 0 Å². The van der Waals surface area contributed by atoms with Crippen molar-refractivity contribution < 1.29 is 29.4 Å². The molecule has 0 aliphatic carbocycles. The second-order valence-electron chi connectivity index (χ2n) is 2.98. The lowest BCUT2D eigenvalue weighted by Gasteiger charge is -2.16. The van der Waals surface area contributed by atoms with Crippen molar-refractivity contribution in [3.05, 3.63) is 35.9 Å². The third-order valence-corrected chi connectivity index (χ3v) is 1.71. The normalized spacial score (nSPS) is 25.4. The fourth-order valence-corrected chi connectivity index (χ4v) is 1.01. The van der Waals surface area contributed by atoms with E-state index >= 15 is 0 Å². The van der Waals surface area contributed by atoms with E-state index in [-0.39, 0.29) is 5.56 Å². The predicted octanol–water partition coefficient (Wildman–Crippen LogP) is 0.454. The van der Waals surface area contributed by atoms with Gasteiger partial charge in [-0.25, -0.2) is 0 Å². The van der Waals surface area contributed by atoms with E-state index in [1.807, 2.05) is 0 Å². The molecule has 0 saturated heterocycles. The molecule has 98 valence electrons. The standard InChI is InChI=1S/C13H18N2O3/c1-10(16)15-12(9-18-2)13(17)14-8-11-6-4-3-5-7-11/h3-7,12H,8-9H2,1-2H3,(H,14,17)(H,15,16)/i1D3,2D3,8D2,9D2,12D. The van der Waals surface area contributed by atoms with E-state index in [9.17, 15) is 9.59 Å². The van der Waals surface area contributed by atoms with Crippen molar-refractivity contribution in [3.8, 4) is 0 Å². The molecule has 1 aromatic rings. The molecule has 1 atom stereocenters. The first-order chi connectivity index (χ1) is 12.8. The highest BCUT2D eigenvalue weighted by atomic mass is 16.5. The van der Waals surface area contributed by atoms with Gasteiger partial charge in [-0.15, -0.1) is 0 Å². The summed E-state index contributed by atoms with van der Waals surface area (Å²) in [6, 6.07) is 3.27. The molecular weight excluding hydrogens is 232 g/mol. The number of amides is 2. The molecule has 0 aliphatic heterocycles. The molecule has 18 heavy (non-hydrogen) atoms. The van der Waals surface area contributed by atoms with Crippen LogP contribution in [-0.2, 0) is 20.8 Å². The summed E-state index contributed by atoms with van der Waals surface area (Å²) in [5.41, 5.74) is -0.116. The number of carbonyl (C=O) groups is 2. The molecule has 0 bridgehead atoms. The quantitative estimate of drug-likeness (QED) is 0.781. The van der Waals surface area contributed by atoms with Gasteiger partial charge in [-0.05, 0) is 5.56 Å². The first-order valence-electron chi connectivity index (χ1n) is 10.2. The van der Waals surface area contributed by atoms with Crippen LogP contribution in [0.25, 0.3) is 0 Å². The predicted molar refractivity (Wildman–Crippen MR) is 67.8 cm³/mol. The van der Waals surface area contributed by atoms with Crippen LogP contribution in [0.3, 0.4) is 0 Å². The van der Waals surface area contributed by atoms with Gasteiger partial charge in [0.1, 0.15) is 6.02 Å².